The van der Waals surface area contributed by atoms with Gasteiger partial charge in [0.25, 0.3) is 5.91 Å². The average molecular weight is 485 g/mol. The van der Waals surface area contributed by atoms with Crippen molar-refractivity contribution in [2.75, 3.05) is 24.4 Å². The lowest BCUT2D eigenvalue weighted by Crippen LogP contribution is -2.55. The highest BCUT2D eigenvalue weighted by molar-refractivity contribution is 7.80. The molecule has 0 saturated carbocycles. The Labute approximate surface area is 199 Å². The number of benzene rings is 3. The topological polar surface area (TPSA) is 75.7 Å². The summed E-state index contributed by atoms with van der Waals surface area (Å²) in [4.78, 5) is 17.3. The van der Waals surface area contributed by atoms with Crippen LogP contribution >= 0.6 is 0 Å². The molecule has 1 fully saturated rings. The summed E-state index contributed by atoms with van der Waals surface area (Å²) in [5, 5.41) is 0. The molecule has 1 saturated heterocycles. The Morgan fingerprint density at radius 1 is 0.971 bits per heavy atom. The predicted octanol–water partition coefficient (Wildman–Crippen LogP) is 3.74. The largest absolute Gasteiger partial charge is 0.755 e. The minimum absolute atomic E-state index is 0.144. The van der Waals surface area contributed by atoms with Crippen molar-refractivity contribution in [2.45, 2.75) is 19.0 Å². The quantitative estimate of drug-likeness (QED) is 0.519. The van der Waals surface area contributed by atoms with Gasteiger partial charge in [0, 0.05) is 60.8 Å². The monoisotopic (exact) mass is 484 g/mol. The summed E-state index contributed by atoms with van der Waals surface area (Å²) >= 11 is -2.44. The lowest BCUT2D eigenvalue weighted by Gasteiger charge is -2.42. The van der Waals surface area contributed by atoms with Crippen LogP contribution in [0.3, 0.4) is 0 Å². The Morgan fingerprint density at radius 2 is 1.65 bits per heavy atom. The van der Waals surface area contributed by atoms with Gasteiger partial charge in [-0.1, -0.05) is 30.3 Å². The first-order chi connectivity index (χ1) is 16.4. The molecule has 1 aliphatic rings. The van der Waals surface area contributed by atoms with Gasteiger partial charge < -0.3 is 14.2 Å². The molecule has 3 aromatic rings. The number of carbonyl (C=O) groups excluding carboxylic acids is 1. The van der Waals surface area contributed by atoms with E-state index in [-0.39, 0.29) is 11.9 Å². The molecular formula is C25H24F2N3O3S-. The molecule has 1 amide bonds. The predicted molar refractivity (Wildman–Crippen MR) is 126 cm³/mol. The second-order valence-electron chi connectivity index (χ2n) is 8.27. The number of rotatable bonds is 7. The van der Waals surface area contributed by atoms with E-state index in [1.807, 2.05) is 35.2 Å². The molecule has 0 bridgehead atoms. The summed E-state index contributed by atoms with van der Waals surface area (Å²) in [5.74, 6) is -1.36. The number of halogens is 2. The first kappa shape index (κ1) is 24.0. The molecule has 9 heteroatoms. The van der Waals surface area contributed by atoms with Gasteiger partial charge in [0.2, 0.25) is 0 Å². The van der Waals surface area contributed by atoms with E-state index in [2.05, 4.69) is 9.62 Å². The molecule has 2 unspecified atom stereocenters. The molecule has 0 spiro atoms. The maximum Gasteiger partial charge on any atom is 0.254 e. The van der Waals surface area contributed by atoms with Crippen molar-refractivity contribution in [3.05, 3.63) is 101 Å². The van der Waals surface area contributed by atoms with Crippen molar-refractivity contribution < 1.29 is 22.3 Å². The molecular weight excluding hydrogens is 460 g/mol. The minimum Gasteiger partial charge on any atom is -0.755 e. The zero-order valence-electron chi connectivity index (χ0n) is 18.3. The molecule has 4 rings (SSSR count). The Balaban J connectivity index is 1.52. The van der Waals surface area contributed by atoms with Crippen LogP contribution in [0.1, 0.15) is 21.5 Å². The maximum absolute atomic E-state index is 13.7. The van der Waals surface area contributed by atoms with Crippen molar-refractivity contribution in [1.82, 2.24) is 9.80 Å². The zero-order chi connectivity index (χ0) is 24.1. The van der Waals surface area contributed by atoms with E-state index in [0.29, 0.717) is 49.4 Å². The van der Waals surface area contributed by atoms with Gasteiger partial charge >= 0.3 is 0 Å². The van der Waals surface area contributed by atoms with Gasteiger partial charge in [0.05, 0.1) is 0 Å². The van der Waals surface area contributed by atoms with E-state index >= 15 is 0 Å². The molecule has 0 radical (unpaired) electrons. The Morgan fingerprint density at radius 3 is 2.29 bits per heavy atom. The summed E-state index contributed by atoms with van der Waals surface area (Å²) in [6.45, 7) is 1.95. The van der Waals surface area contributed by atoms with Crippen LogP contribution in [0.2, 0.25) is 0 Å². The van der Waals surface area contributed by atoms with E-state index < -0.39 is 22.9 Å². The van der Waals surface area contributed by atoms with Crippen LogP contribution in [-0.2, 0) is 24.2 Å². The SMILES string of the molecule is O=C(c1ccc(NS(=O)[O-])cc1)N1CCN(Cc2cc(F)cc(F)c2)CC1Cc1ccccc1. The van der Waals surface area contributed by atoms with Gasteiger partial charge in [0.15, 0.2) is 0 Å². The fraction of sp³-hybridized carbons (Fsp3) is 0.240. The van der Waals surface area contributed by atoms with E-state index in [0.717, 1.165) is 11.6 Å². The number of nitrogens with zero attached hydrogens (tertiary/aromatic N) is 2. The molecule has 1 N–H and O–H groups in total. The number of anilines is 1. The molecule has 1 heterocycles. The summed E-state index contributed by atoms with van der Waals surface area (Å²) in [6.07, 6.45) is 0.634. The third-order valence-corrected chi connectivity index (χ3v) is 6.21. The lowest BCUT2D eigenvalue weighted by atomic mass is 10.00. The maximum atomic E-state index is 13.7. The van der Waals surface area contributed by atoms with E-state index in [1.54, 1.807) is 24.3 Å². The van der Waals surface area contributed by atoms with Gasteiger partial charge in [-0.05, 0) is 53.9 Å². The first-order valence-corrected chi connectivity index (χ1v) is 11.9. The highest BCUT2D eigenvalue weighted by atomic mass is 32.2. The smallest absolute Gasteiger partial charge is 0.254 e. The van der Waals surface area contributed by atoms with Crippen molar-refractivity contribution in [3.8, 4) is 0 Å². The third-order valence-electron chi connectivity index (χ3n) is 5.80. The summed E-state index contributed by atoms with van der Waals surface area (Å²) in [6, 6.07) is 19.5. The van der Waals surface area contributed by atoms with Crippen molar-refractivity contribution in [2.24, 2.45) is 0 Å². The number of hydrogen-bond acceptors (Lipinski definition) is 4. The van der Waals surface area contributed by atoms with E-state index in [4.69, 9.17) is 0 Å². The van der Waals surface area contributed by atoms with Crippen molar-refractivity contribution in [1.29, 1.82) is 0 Å². The highest BCUT2D eigenvalue weighted by Crippen LogP contribution is 2.21. The summed E-state index contributed by atoms with van der Waals surface area (Å²) < 4.78 is 51.2. The molecule has 1 aliphatic heterocycles. The Kier molecular flexibility index (Phi) is 7.66. The zero-order valence-corrected chi connectivity index (χ0v) is 19.1. The molecule has 34 heavy (non-hydrogen) atoms. The molecule has 6 nitrogen and oxygen atoms in total. The van der Waals surface area contributed by atoms with Crippen LogP contribution < -0.4 is 4.72 Å². The number of amides is 1. The van der Waals surface area contributed by atoms with Crippen LogP contribution in [0.4, 0.5) is 14.5 Å². The molecule has 0 aromatic heterocycles. The average Bonchev–Trinajstić information content (AvgIpc) is 2.79. The van der Waals surface area contributed by atoms with Crippen molar-refractivity contribution >= 4 is 22.9 Å². The normalized spacial score (nSPS) is 17.4. The van der Waals surface area contributed by atoms with Crippen LogP contribution in [0, 0.1) is 11.6 Å². The summed E-state index contributed by atoms with van der Waals surface area (Å²) in [5.41, 5.74) is 2.47. The van der Waals surface area contributed by atoms with E-state index in [1.165, 1.54) is 12.1 Å². The number of carbonyl (C=O) groups is 1. The van der Waals surface area contributed by atoms with Gasteiger partial charge in [-0.15, -0.1) is 0 Å². The van der Waals surface area contributed by atoms with Crippen LogP contribution in [-0.4, -0.2) is 50.1 Å². The van der Waals surface area contributed by atoms with Crippen LogP contribution in [0.25, 0.3) is 0 Å². The summed E-state index contributed by atoms with van der Waals surface area (Å²) in [7, 11) is 0. The number of piperazine rings is 1. The second-order valence-corrected chi connectivity index (χ2v) is 8.94. The molecule has 2 atom stereocenters. The number of hydrogen-bond donors (Lipinski definition) is 1. The second kappa shape index (κ2) is 10.9. The van der Waals surface area contributed by atoms with E-state index in [9.17, 15) is 22.3 Å². The third kappa shape index (κ3) is 6.25. The van der Waals surface area contributed by atoms with Crippen molar-refractivity contribution in [3.63, 3.8) is 0 Å². The minimum atomic E-state index is -2.44. The molecule has 178 valence electrons. The van der Waals surface area contributed by atoms with Gasteiger partial charge in [-0.2, -0.15) is 0 Å². The standard InChI is InChI=1S/C25H25F2N3O3S/c26-21-12-19(13-22(27)15-21)16-29-10-11-30(24(17-29)14-18-4-2-1-3-5-18)25(31)20-6-8-23(9-7-20)28-34(32)33/h1-9,12-13,15,24,28H,10-11,14,16-17H2,(H,32,33)/p-1. The molecule has 3 aromatic carbocycles. The van der Waals surface area contributed by atoms with Gasteiger partial charge in [-0.25, -0.2) is 8.78 Å². The van der Waals surface area contributed by atoms with Crippen LogP contribution in [0.15, 0.2) is 72.8 Å². The fourth-order valence-electron chi connectivity index (χ4n) is 4.29. The first-order valence-electron chi connectivity index (χ1n) is 10.9. The van der Waals surface area contributed by atoms with Gasteiger partial charge in [-0.3, -0.25) is 13.9 Å². The molecule has 0 aliphatic carbocycles. The Hall–Kier alpha value is -3.14. The van der Waals surface area contributed by atoms with Crippen LogP contribution in [0.5, 0.6) is 0 Å². The number of nitrogens with one attached hydrogen (secondary N) is 1. The fourth-order valence-corrected chi connectivity index (χ4v) is 4.62. The lowest BCUT2D eigenvalue weighted by molar-refractivity contribution is 0.0438. The van der Waals surface area contributed by atoms with Gasteiger partial charge in [0.1, 0.15) is 11.6 Å². The Bertz CT molecular complexity index is 1140. The highest BCUT2D eigenvalue weighted by Gasteiger charge is 2.31.